The highest BCUT2D eigenvalue weighted by Gasteiger charge is 2.33. The summed E-state index contributed by atoms with van der Waals surface area (Å²) >= 11 is 5.62. The number of Topliss-reactive ketones (excluding diaryl/α,β-unsaturated/α-hetero) is 1. The SMILES string of the molecule is CCCCC.N/C=C(\C=Nc1ccc(Cl)c(C(F)(F)F)c1)C(=O)c1cc(N2CCCCC2)ccc1N. The molecule has 1 heterocycles. The number of aliphatic imine (C=N–C) groups is 1. The zero-order valence-electron chi connectivity index (χ0n) is 20.7. The molecule has 3 rings (SSSR count). The van der Waals surface area contributed by atoms with Crippen LogP contribution >= 0.6 is 11.6 Å². The second kappa shape index (κ2) is 13.9. The Bertz CT molecular complexity index is 1080. The van der Waals surface area contributed by atoms with Crippen molar-refractivity contribution < 1.29 is 18.0 Å². The van der Waals surface area contributed by atoms with Crippen molar-refractivity contribution in [3.8, 4) is 0 Å². The molecule has 0 radical (unpaired) electrons. The van der Waals surface area contributed by atoms with E-state index < -0.39 is 22.5 Å². The second-order valence-electron chi connectivity index (χ2n) is 8.54. The van der Waals surface area contributed by atoms with Crippen molar-refractivity contribution >= 4 is 40.7 Å². The topological polar surface area (TPSA) is 84.7 Å². The van der Waals surface area contributed by atoms with Crippen molar-refractivity contribution in [2.24, 2.45) is 10.7 Å². The molecule has 36 heavy (non-hydrogen) atoms. The minimum Gasteiger partial charge on any atom is -0.404 e. The second-order valence-corrected chi connectivity index (χ2v) is 8.95. The Kier molecular flexibility index (Phi) is 11.3. The van der Waals surface area contributed by atoms with Gasteiger partial charge in [-0.15, -0.1) is 0 Å². The zero-order valence-corrected chi connectivity index (χ0v) is 21.5. The molecule has 0 aromatic heterocycles. The number of nitrogens with zero attached hydrogens (tertiary/aromatic N) is 2. The molecule has 0 spiro atoms. The number of hydrogen-bond acceptors (Lipinski definition) is 5. The van der Waals surface area contributed by atoms with Crippen LogP contribution in [-0.4, -0.2) is 25.1 Å². The molecule has 196 valence electrons. The predicted molar refractivity (Wildman–Crippen MR) is 143 cm³/mol. The molecule has 1 saturated heterocycles. The van der Waals surface area contributed by atoms with Gasteiger partial charge in [-0.3, -0.25) is 9.79 Å². The van der Waals surface area contributed by atoms with Crippen LogP contribution in [0.2, 0.25) is 5.02 Å². The molecule has 1 aliphatic heterocycles. The number of allylic oxidation sites excluding steroid dienone is 1. The summed E-state index contributed by atoms with van der Waals surface area (Å²) < 4.78 is 39.1. The molecule has 1 aliphatic rings. The van der Waals surface area contributed by atoms with E-state index in [1.807, 2.05) is 6.07 Å². The summed E-state index contributed by atoms with van der Waals surface area (Å²) in [6.45, 7) is 6.22. The molecule has 0 bridgehead atoms. The third-order valence-electron chi connectivity index (χ3n) is 5.76. The maximum atomic E-state index is 13.0. The van der Waals surface area contributed by atoms with Crippen LogP contribution in [0.15, 0.2) is 53.2 Å². The van der Waals surface area contributed by atoms with E-state index in [0.29, 0.717) is 0 Å². The van der Waals surface area contributed by atoms with E-state index in [0.717, 1.165) is 56.2 Å². The van der Waals surface area contributed by atoms with Crippen molar-refractivity contribution in [1.82, 2.24) is 0 Å². The maximum Gasteiger partial charge on any atom is 0.417 e. The molecular weight excluding hydrogens is 489 g/mol. The molecule has 0 saturated carbocycles. The van der Waals surface area contributed by atoms with Gasteiger partial charge in [0.05, 0.1) is 21.8 Å². The van der Waals surface area contributed by atoms with E-state index in [1.165, 1.54) is 31.7 Å². The van der Waals surface area contributed by atoms with Gasteiger partial charge in [-0.05, 0) is 55.7 Å². The van der Waals surface area contributed by atoms with E-state index in [9.17, 15) is 18.0 Å². The number of benzene rings is 2. The zero-order chi connectivity index (χ0) is 26.7. The van der Waals surface area contributed by atoms with Gasteiger partial charge in [0.15, 0.2) is 5.78 Å². The molecular formula is C27H34ClF3N4O. The lowest BCUT2D eigenvalue weighted by Crippen LogP contribution is -2.29. The van der Waals surface area contributed by atoms with E-state index in [-0.39, 0.29) is 22.5 Å². The fourth-order valence-corrected chi connectivity index (χ4v) is 3.96. The lowest BCUT2D eigenvalue weighted by atomic mass is 10.0. The van der Waals surface area contributed by atoms with Crippen LogP contribution in [0.5, 0.6) is 0 Å². The largest absolute Gasteiger partial charge is 0.417 e. The van der Waals surface area contributed by atoms with Gasteiger partial charge >= 0.3 is 6.18 Å². The van der Waals surface area contributed by atoms with Gasteiger partial charge in [0.1, 0.15) is 0 Å². The van der Waals surface area contributed by atoms with Crippen molar-refractivity contribution in [3.63, 3.8) is 0 Å². The predicted octanol–water partition coefficient (Wildman–Crippen LogP) is 7.56. The average molecular weight is 523 g/mol. The van der Waals surface area contributed by atoms with Gasteiger partial charge in [0, 0.05) is 42.4 Å². The standard InChI is InChI=1S/C22H22ClF3N4O.C5H12/c23-19-6-4-15(10-18(19)22(24,25)26)29-13-14(12-27)21(31)17-11-16(5-7-20(17)28)30-8-2-1-3-9-30;1-3-5-4-2/h4-7,10-13H,1-3,8-9,27-28H2;3-5H2,1-2H3/b14-12+,29-13?;. The van der Waals surface area contributed by atoms with Crippen LogP contribution < -0.4 is 16.4 Å². The molecule has 4 N–H and O–H groups in total. The molecule has 9 heteroatoms. The van der Waals surface area contributed by atoms with Crippen molar-refractivity contribution in [1.29, 1.82) is 0 Å². The molecule has 1 fully saturated rings. The number of alkyl halides is 3. The monoisotopic (exact) mass is 522 g/mol. The highest BCUT2D eigenvalue weighted by Crippen LogP contribution is 2.36. The van der Waals surface area contributed by atoms with E-state index >= 15 is 0 Å². The highest BCUT2D eigenvalue weighted by molar-refractivity contribution is 6.31. The number of hydrogen-bond donors (Lipinski definition) is 2. The first-order chi connectivity index (χ1) is 17.1. The number of piperidine rings is 1. The third-order valence-corrected chi connectivity index (χ3v) is 6.09. The van der Waals surface area contributed by atoms with Crippen molar-refractivity contribution in [2.45, 2.75) is 58.5 Å². The smallest absolute Gasteiger partial charge is 0.404 e. The van der Waals surface area contributed by atoms with Gasteiger partial charge in [-0.2, -0.15) is 13.2 Å². The van der Waals surface area contributed by atoms with Gasteiger partial charge < -0.3 is 16.4 Å². The number of nitrogens with two attached hydrogens (primary N) is 2. The van der Waals surface area contributed by atoms with Gasteiger partial charge in [-0.25, -0.2) is 0 Å². The van der Waals surface area contributed by atoms with Crippen molar-refractivity contribution in [3.05, 3.63) is 64.3 Å². The summed E-state index contributed by atoms with van der Waals surface area (Å²) in [6, 6.07) is 8.47. The first-order valence-electron chi connectivity index (χ1n) is 12.1. The highest BCUT2D eigenvalue weighted by atomic mass is 35.5. The molecule has 5 nitrogen and oxygen atoms in total. The van der Waals surface area contributed by atoms with Crippen LogP contribution in [-0.2, 0) is 6.18 Å². The van der Waals surface area contributed by atoms with Gasteiger partial charge in [-0.1, -0.05) is 44.7 Å². The summed E-state index contributed by atoms with van der Waals surface area (Å²) in [6.07, 6.45) is 4.97. The third kappa shape index (κ3) is 8.29. The maximum absolute atomic E-state index is 13.0. The van der Waals surface area contributed by atoms with Crippen molar-refractivity contribution in [2.75, 3.05) is 23.7 Å². The quantitative estimate of drug-likeness (QED) is 0.170. The van der Waals surface area contributed by atoms with E-state index in [2.05, 4.69) is 23.7 Å². The van der Waals surface area contributed by atoms with E-state index in [4.69, 9.17) is 23.1 Å². The number of ketones is 1. The van der Waals surface area contributed by atoms with Gasteiger partial charge in [0.25, 0.3) is 0 Å². The van der Waals surface area contributed by atoms with Crippen LogP contribution in [0.1, 0.15) is 68.3 Å². The molecule has 0 aliphatic carbocycles. The molecule has 0 atom stereocenters. The molecule has 0 unspecified atom stereocenters. The van der Waals surface area contributed by atoms with Crippen LogP contribution in [0, 0.1) is 0 Å². The van der Waals surface area contributed by atoms with Gasteiger partial charge in [0.2, 0.25) is 0 Å². The van der Waals surface area contributed by atoms with Crippen LogP contribution in [0.4, 0.5) is 30.2 Å². The summed E-state index contributed by atoms with van der Waals surface area (Å²) in [4.78, 5) is 19.2. The average Bonchev–Trinajstić information content (AvgIpc) is 2.86. The Hall–Kier alpha value is -3.00. The number of anilines is 2. The first-order valence-corrected chi connectivity index (χ1v) is 12.5. The molecule has 2 aromatic carbocycles. The van der Waals surface area contributed by atoms with Crippen LogP contribution in [0.25, 0.3) is 0 Å². The van der Waals surface area contributed by atoms with E-state index in [1.54, 1.807) is 12.1 Å². The number of unbranched alkanes of at least 4 members (excludes halogenated alkanes) is 2. The Balaban J connectivity index is 0.000000830. The summed E-state index contributed by atoms with van der Waals surface area (Å²) in [5, 5.41) is -0.431. The minimum atomic E-state index is -4.62. The Morgan fingerprint density at radius 3 is 2.31 bits per heavy atom. The Morgan fingerprint density at radius 1 is 1.08 bits per heavy atom. The number of halogens is 4. The number of rotatable bonds is 7. The minimum absolute atomic E-state index is 0.00556. The molecule has 2 aromatic rings. The number of carbonyl (C=O) groups is 1. The summed E-state index contributed by atoms with van der Waals surface area (Å²) in [5.74, 6) is -0.465. The summed E-state index contributed by atoms with van der Waals surface area (Å²) in [7, 11) is 0. The lowest BCUT2D eigenvalue weighted by molar-refractivity contribution is -0.137. The molecule has 0 amide bonds. The fourth-order valence-electron chi connectivity index (χ4n) is 3.73. The van der Waals surface area contributed by atoms with Crippen LogP contribution in [0.3, 0.4) is 0 Å². The summed E-state index contributed by atoms with van der Waals surface area (Å²) in [5.41, 5.74) is 12.0. The number of nitrogen functional groups attached to an aromatic ring is 1. The fraction of sp³-hybridized carbons (Fsp3) is 0.407. The first kappa shape index (κ1) is 29.2. The number of carbonyl (C=O) groups excluding carboxylic acids is 1. The normalized spacial score (nSPS) is 14.5. The Morgan fingerprint density at radius 2 is 1.75 bits per heavy atom. The lowest BCUT2D eigenvalue weighted by Gasteiger charge is -2.29. The Labute approximate surface area is 216 Å².